The van der Waals surface area contributed by atoms with Crippen molar-refractivity contribution < 1.29 is 17.7 Å². The number of rotatable bonds is 3. The van der Waals surface area contributed by atoms with E-state index in [0.717, 1.165) is 5.56 Å². The molecule has 0 saturated carbocycles. The Balaban J connectivity index is 1.74. The highest BCUT2D eigenvalue weighted by Gasteiger charge is 2.34. The molecule has 0 radical (unpaired) electrons. The van der Waals surface area contributed by atoms with E-state index in [4.69, 9.17) is 4.52 Å². The Bertz CT molecular complexity index is 877. The minimum Gasteiger partial charge on any atom is -0.360 e. The monoisotopic (exact) mass is 363 g/mol. The summed E-state index contributed by atoms with van der Waals surface area (Å²) in [5.41, 5.74) is 1.93. The van der Waals surface area contributed by atoms with Crippen molar-refractivity contribution in [2.45, 2.75) is 25.7 Å². The van der Waals surface area contributed by atoms with Crippen molar-refractivity contribution in [2.24, 2.45) is 0 Å². The molecule has 2 aromatic rings. The molecule has 3 rings (SSSR count). The minimum absolute atomic E-state index is 0.0625. The molecule has 2 heterocycles. The Hall–Kier alpha value is -2.19. The van der Waals surface area contributed by atoms with Crippen LogP contribution in [-0.4, -0.2) is 54.9 Å². The fourth-order valence-corrected chi connectivity index (χ4v) is 4.80. The van der Waals surface area contributed by atoms with Gasteiger partial charge < -0.3 is 9.42 Å². The highest BCUT2D eigenvalue weighted by atomic mass is 32.2. The molecule has 0 atom stereocenters. The number of aromatic nitrogens is 1. The third kappa shape index (κ3) is 3.19. The molecule has 1 saturated heterocycles. The van der Waals surface area contributed by atoms with E-state index < -0.39 is 10.0 Å². The molecule has 0 N–H and O–H groups in total. The Kier molecular flexibility index (Phi) is 4.66. The molecule has 0 aliphatic carbocycles. The van der Waals surface area contributed by atoms with E-state index in [1.165, 1.54) is 4.31 Å². The van der Waals surface area contributed by atoms with Gasteiger partial charge in [0.2, 0.25) is 10.0 Å². The van der Waals surface area contributed by atoms with E-state index in [1.54, 1.807) is 24.8 Å². The lowest BCUT2D eigenvalue weighted by Crippen LogP contribution is -2.50. The van der Waals surface area contributed by atoms with E-state index in [2.05, 4.69) is 5.16 Å². The Morgan fingerprint density at radius 3 is 2.28 bits per heavy atom. The van der Waals surface area contributed by atoms with Crippen molar-refractivity contribution in [3.63, 3.8) is 0 Å². The first kappa shape index (κ1) is 17.6. The third-order valence-electron chi connectivity index (χ3n) is 4.47. The van der Waals surface area contributed by atoms with Gasteiger partial charge >= 0.3 is 0 Å². The molecular formula is C17H21N3O4S. The number of piperazine rings is 1. The predicted molar refractivity (Wildman–Crippen MR) is 91.8 cm³/mol. The molecule has 8 heteroatoms. The number of carbonyl (C=O) groups excluding carboxylic acids is 1. The van der Waals surface area contributed by atoms with E-state index >= 15 is 0 Å². The van der Waals surface area contributed by atoms with E-state index in [-0.39, 0.29) is 29.7 Å². The first-order chi connectivity index (χ1) is 11.8. The van der Waals surface area contributed by atoms with Gasteiger partial charge in [0.15, 0.2) is 5.76 Å². The maximum atomic E-state index is 12.8. The molecule has 1 aromatic carbocycles. The number of aryl methyl sites for hydroxylation is 3. The highest BCUT2D eigenvalue weighted by molar-refractivity contribution is 7.89. The first-order valence-electron chi connectivity index (χ1n) is 8.10. The molecule has 1 aliphatic rings. The van der Waals surface area contributed by atoms with Gasteiger partial charge in [-0.25, -0.2) is 8.42 Å². The fraction of sp³-hybridized carbons (Fsp3) is 0.412. The predicted octanol–water partition coefficient (Wildman–Crippen LogP) is 1.75. The van der Waals surface area contributed by atoms with Crippen LogP contribution in [-0.2, 0) is 10.0 Å². The second-order valence-corrected chi connectivity index (χ2v) is 8.04. The maximum absolute atomic E-state index is 12.8. The van der Waals surface area contributed by atoms with Crippen LogP contribution < -0.4 is 0 Å². The lowest BCUT2D eigenvalue weighted by atomic mass is 10.1. The van der Waals surface area contributed by atoms with Crippen molar-refractivity contribution in [1.29, 1.82) is 0 Å². The van der Waals surface area contributed by atoms with E-state index in [0.29, 0.717) is 24.3 Å². The molecule has 7 nitrogen and oxygen atoms in total. The maximum Gasteiger partial charge on any atom is 0.254 e. The summed E-state index contributed by atoms with van der Waals surface area (Å²) in [5, 5.41) is 3.72. The summed E-state index contributed by atoms with van der Waals surface area (Å²) in [6.07, 6.45) is 0. The number of benzene rings is 1. The van der Waals surface area contributed by atoms with Gasteiger partial charge in [-0.2, -0.15) is 4.31 Å². The minimum atomic E-state index is -3.66. The summed E-state index contributed by atoms with van der Waals surface area (Å²) in [5.74, 6) is 0.225. The molecule has 1 aliphatic heterocycles. The van der Waals surface area contributed by atoms with Crippen LogP contribution in [0.5, 0.6) is 0 Å². The van der Waals surface area contributed by atoms with Crippen LogP contribution in [0.3, 0.4) is 0 Å². The average molecular weight is 363 g/mol. The smallest absolute Gasteiger partial charge is 0.254 e. The van der Waals surface area contributed by atoms with Gasteiger partial charge in [-0.05, 0) is 32.4 Å². The molecule has 1 fully saturated rings. The van der Waals surface area contributed by atoms with Crippen LogP contribution in [0, 0.1) is 20.8 Å². The van der Waals surface area contributed by atoms with Gasteiger partial charge in [0, 0.05) is 31.7 Å². The lowest BCUT2D eigenvalue weighted by Gasteiger charge is -2.34. The Morgan fingerprint density at radius 1 is 1.08 bits per heavy atom. The number of carbonyl (C=O) groups is 1. The summed E-state index contributed by atoms with van der Waals surface area (Å²) in [6, 6.07) is 7.41. The first-order valence-corrected chi connectivity index (χ1v) is 9.54. The number of amides is 1. The summed E-state index contributed by atoms with van der Waals surface area (Å²) in [7, 11) is -3.66. The molecule has 0 spiro atoms. The SMILES string of the molecule is Cc1ccccc1C(=O)N1CCN(S(=O)(=O)c2c(C)noc2C)CC1. The zero-order valence-electron chi connectivity index (χ0n) is 14.5. The van der Waals surface area contributed by atoms with Gasteiger partial charge in [-0.3, -0.25) is 4.79 Å². The normalized spacial score (nSPS) is 16.2. The second kappa shape index (κ2) is 6.61. The van der Waals surface area contributed by atoms with Crippen molar-refractivity contribution in [3.05, 3.63) is 46.8 Å². The molecule has 1 aromatic heterocycles. The molecule has 0 unspecified atom stereocenters. The van der Waals surface area contributed by atoms with E-state index in [9.17, 15) is 13.2 Å². The van der Waals surface area contributed by atoms with Crippen molar-refractivity contribution in [3.8, 4) is 0 Å². The summed E-state index contributed by atoms with van der Waals surface area (Å²) in [6.45, 7) is 6.32. The van der Waals surface area contributed by atoms with Crippen molar-refractivity contribution >= 4 is 15.9 Å². The summed E-state index contributed by atoms with van der Waals surface area (Å²) < 4.78 is 32.0. The number of hydrogen-bond acceptors (Lipinski definition) is 5. The number of nitrogens with zero attached hydrogens (tertiary/aromatic N) is 3. The third-order valence-corrected chi connectivity index (χ3v) is 6.61. The average Bonchev–Trinajstić information content (AvgIpc) is 2.94. The topological polar surface area (TPSA) is 83.7 Å². The molecule has 25 heavy (non-hydrogen) atoms. The quantitative estimate of drug-likeness (QED) is 0.829. The van der Waals surface area contributed by atoms with Gasteiger partial charge in [0.1, 0.15) is 10.6 Å². The fourth-order valence-electron chi connectivity index (χ4n) is 3.09. The number of hydrogen-bond donors (Lipinski definition) is 0. The standard InChI is InChI=1S/C17H21N3O4S/c1-12-6-4-5-7-15(12)17(21)19-8-10-20(11-9-19)25(22,23)16-13(2)18-24-14(16)3/h4-7H,8-11H2,1-3H3. The van der Waals surface area contributed by atoms with E-state index in [1.807, 2.05) is 25.1 Å². The summed E-state index contributed by atoms with van der Waals surface area (Å²) in [4.78, 5) is 14.5. The van der Waals surface area contributed by atoms with Gasteiger partial charge in [0.05, 0.1) is 0 Å². The van der Waals surface area contributed by atoms with Crippen LogP contribution in [0.4, 0.5) is 0 Å². The van der Waals surface area contributed by atoms with Crippen LogP contribution in [0.25, 0.3) is 0 Å². The molecule has 0 bridgehead atoms. The number of sulfonamides is 1. The van der Waals surface area contributed by atoms with Crippen molar-refractivity contribution in [1.82, 2.24) is 14.4 Å². The van der Waals surface area contributed by atoms with Crippen LogP contribution in [0.15, 0.2) is 33.7 Å². The van der Waals surface area contributed by atoms with Crippen LogP contribution >= 0.6 is 0 Å². The largest absolute Gasteiger partial charge is 0.360 e. The van der Waals surface area contributed by atoms with Gasteiger partial charge in [-0.15, -0.1) is 0 Å². The van der Waals surface area contributed by atoms with Gasteiger partial charge in [-0.1, -0.05) is 23.4 Å². The van der Waals surface area contributed by atoms with Crippen molar-refractivity contribution in [2.75, 3.05) is 26.2 Å². The molecule has 1 amide bonds. The van der Waals surface area contributed by atoms with Crippen LogP contribution in [0.1, 0.15) is 27.4 Å². The lowest BCUT2D eigenvalue weighted by molar-refractivity contribution is 0.0697. The molecule has 134 valence electrons. The summed E-state index contributed by atoms with van der Waals surface area (Å²) >= 11 is 0. The zero-order chi connectivity index (χ0) is 18.2. The van der Waals surface area contributed by atoms with Crippen LogP contribution in [0.2, 0.25) is 0 Å². The zero-order valence-corrected chi connectivity index (χ0v) is 15.3. The Morgan fingerprint density at radius 2 is 1.72 bits per heavy atom. The highest BCUT2D eigenvalue weighted by Crippen LogP contribution is 2.24. The Labute approximate surface area is 147 Å². The van der Waals surface area contributed by atoms with Gasteiger partial charge in [0.25, 0.3) is 5.91 Å². The molecular weight excluding hydrogens is 342 g/mol. The second-order valence-electron chi connectivity index (χ2n) is 6.16.